The molecular weight excluding hydrogens is 496 g/mol. The highest BCUT2D eigenvalue weighted by Crippen LogP contribution is 2.29. The van der Waals surface area contributed by atoms with E-state index < -0.39 is 24.0 Å². The predicted molar refractivity (Wildman–Crippen MR) is 138 cm³/mol. The number of ether oxygens (including phenoxy) is 1. The number of aryl methyl sites for hydroxylation is 1. The van der Waals surface area contributed by atoms with Gasteiger partial charge < -0.3 is 14.6 Å². The second kappa shape index (κ2) is 11.4. The second-order valence-electron chi connectivity index (χ2n) is 10.2. The summed E-state index contributed by atoms with van der Waals surface area (Å²) in [5.41, 5.74) is 1.44. The summed E-state index contributed by atoms with van der Waals surface area (Å²) >= 11 is 0. The standard InChI is InChI=1S/C29H30F4N4O/c1-28(2,18-34)27-8-7-23(17-36-27)35-11-3-4-24-15-22-14-21(6-5-20-9-12-38-13-10-20)25(30)16-26(22)37(24)19-29(31,32)33/h7-8,14-17,20,35H,5-6,9-13,19H2,1-2H3. The maximum Gasteiger partial charge on any atom is 0.406 e. The minimum atomic E-state index is -4.48. The van der Waals surface area contributed by atoms with Crippen molar-refractivity contribution in [1.82, 2.24) is 9.55 Å². The van der Waals surface area contributed by atoms with Crippen LogP contribution in [-0.2, 0) is 23.1 Å². The van der Waals surface area contributed by atoms with E-state index in [0.29, 0.717) is 47.9 Å². The van der Waals surface area contributed by atoms with E-state index in [-0.39, 0.29) is 17.8 Å². The third-order valence-electron chi connectivity index (χ3n) is 6.85. The quantitative estimate of drug-likeness (QED) is 0.287. The average molecular weight is 527 g/mol. The lowest BCUT2D eigenvalue weighted by atomic mass is 9.91. The molecule has 9 heteroatoms. The lowest BCUT2D eigenvalue weighted by molar-refractivity contribution is -0.140. The molecule has 1 aromatic carbocycles. The monoisotopic (exact) mass is 526 g/mol. The number of benzene rings is 1. The fourth-order valence-electron chi connectivity index (χ4n) is 4.58. The van der Waals surface area contributed by atoms with E-state index in [0.717, 1.165) is 23.8 Å². The predicted octanol–water partition coefficient (Wildman–Crippen LogP) is 6.36. The van der Waals surface area contributed by atoms with Crippen molar-refractivity contribution in [3.63, 3.8) is 0 Å². The van der Waals surface area contributed by atoms with Gasteiger partial charge in [-0.1, -0.05) is 5.92 Å². The van der Waals surface area contributed by atoms with Gasteiger partial charge in [-0.15, -0.1) is 0 Å². The summed E-state index contributed by atoms with van der Waals surface area (Å²) in [6, 6.07) is 10.1. The van der Waals surface area contributed by atoms with Crippen LogP contribution in [0.25, 0.3) is 10.9 Å². The first-order chi connectivity index (χ1) is 18.1. The van der Waals surface area contributed by atoms with Gasteiger partial charge in [-0.2, -0.15) is 18.4 Å². The number of hydrogen-bond acceptors (Lipinski definition) is 4. The molecule has 1 aliphatic rings. The number of nitrogens with zero attached hydrogens (tertiary/aromatic N) is 3. The Morgan fingerprint density at radius 3 is 2.58 bits per heavy atom. The molecular formula is C29H30F4N4O. The molecule has 0 radical (unpaired) electrons. The van der Waals surface area contributed by atoms with Gasteiger partial charge in [-0.25, -0.2) is 4.39 Å². The normalized spacial score (nSPS) is 14.7. The molecule has 0 amide bonds. The first-order valence-corrected chi connectivity index (χ1v) is 12.6. The molecule has 0 aliphatic carbocycles. The van der Waals surface area contributed by atoms with Crippen LogP contribution in [0.15, 0.2) is 36.5 Å². The summed E-state index contributed by atoms with van der Waals surface area (Å²) in [6.45, 7) is 3.88. The third-order valence-corrected chi connectivity index (χ3v) is 6.85. The van der Waals surface area contributed by atoms with E-state index >= 15 is 0 Å². The number of halogens is 4. The van der Waals surface area contributed by atoms with Crippen LogP contribution >= 0.6 is 0 Å². The molecule has 3 aromatic rings. The van der Waals surface area contributed by atoms with E-state index in [9.17, 15) is 22.8 Å². The van der Waals surface area contributed by atoms with Crippen molar-refractivity contribution in [3.05, 3.63) is 59.3 Å². The zero-order valence-corrected chi connectivity index (χ0v) is 21.5. The Labute approximate surface area is 219 Å². The number of nitriles is 1. The number of alkyl halides is 3. The summed E-state index contributed by atoms with van der Waals surface area (Å²) in [7, 11) is 0. The van der Waals surface area contributed by atoms with Crippen LogP contribution in [0.4, 0.5) is 23.2 Å². The topological polar surface area (TPSA) is 62.9 Å². The van der Waals surface area contributed by atoms with Crippen molar-refractivity contribution in [2.24, 2.45) is 5.92 Å². The molecule has 2 aromatic heterocycles. The van der Waals surface area contributed by atoms with Crippen LogP contribution in [0, 0.1) is 34.9 Å². The van der Waals surface area contributed by atoms with Crippen LogP contribution < -0.4 is 5.32 Å². The maximum absolute atomic E-state index is 14.9. The van der Waals surface area contributed by atoms with Gasteiger partial charge in [-0.05, 0) is 87.3 Å². The second-order valence-corrected chi connectivity index (χ2v) is 10.2. The molecule has 4 rings (SSSR count). The number of hydrogen-bond donors (Lipinski definition) is 1. The number of pyridine rings is 1. The Morgan fingerprint density at radius 1 is 1.16 bits per heavy atom. The molecule has 0 spiro atoms. The lowest BCUT2D eigenvalue weighted by Gasteiger charge is -2.21. The highest BCUT2D eigenvalue weighted by atomic mass is 19.4. The van der Waals surface area contributed by atoms with E-state index in [2.05, 4.69) is 28.2 Å². The van der Waals surface area contributed by atoms with Crippen LogP contribution in [0.3, 0.4) is 0 Å². The van der Waals surface area contributed by atoms with Crippen molar-refractivity contribution >= 4 is 16.6 Å². The van der Waals surface area contributed by atoms with E-state index in [1.165, 1.54) is 6.07 Å². The first kappa shape index (κ1) is 27.5. The molecule has 0 bridgehead atoms. The zero-order valence-electron chi connectivity index (χ0n) is 21.5. The minimum absolute atomic E-state index is 0.168. The van der Waals surface area contributed by atoms with Crippen molar-refractivity contribution in [2.75, 3.05) is 25.1 Å². The van der Waals surface area contributed by atoms with Gasteiger partial charge in [0, 0.05) is 18.6 Å². The van der Waals surface area contributed by atoms with Crippen LogP contribution in [0.2, 0.25) is 0 Å². The molecule has 0 atom stereocenters. The first-order valence-electron chi connectivity index (χ1n) is 12.6. The average Bonchev–Trinajstić information content (AvgIpc) is 3.20. The fourth-order valence-corrected chi connectivity index (χ4v) is 4.58. The molecule has 38 heavy (non-hydrogen) atoms. The van der Waals surface area contributed by atoms with Gasteiger partial charge in [-0.3, -0.25) is 4.98 Å². The smallest absolute Gasteiger partial charge is 0.381 e. The summed E-state index contributed by atoms with van der Waals surface area (Å²) in [5, 5.41) is 12.8. The van der Waals surface area contributed by atoms with Crippen LogP contribution in [-0.4, -0.2) is 35.5 Å². The van der Waals surface area contributed by atoms with Crippen molar-refractivity contribution in [2.45, 2.75) is 57.7 Å². The number of nitrogens with one attached hydrogen (secondary N) is 1. The Morgan fingerprint density at radius 2 is 1.92 bits per heavy atom. The van der Waals surface area contributed by atoms with Crippen LogP contribution in [0.1, 0.15) is 50.1 Å². The molecule has 200 valence electrons. The largest absolute Gasteiger partial charge is 0.406 e. The molecule has 0 unspecified atom stereocenters. The molecule has 1 N–H and O–H groups in total. The number of anilines is 1. The van der Waals surface area contributed by atoms with Crippen molar-refractivity contribution < 1.29 is 22.3 Å². The molecule has 0 saturated carbocycles. The molecule has 1 fully saturated rings. The van der Waals surface area contributed by atoms with Gasteiger partial charge in [0.1, 0.15) is 12.4 Å². The Kier molecular flexibility index (Phi) is 8.28. The van der Waals surface area contributed by atoms with E-state index in [4.69, 9.17) is 4.74 Å². The van der Waals surface area contributed by atoms with Gasteiger partial charge >= 0.3 is 6.18 Å². The minimum Gasteiger partial charge on any atom is -0.381 e. The lowest BCUT2D eigenvalue weighted by Crippen LogP contribution is -2.18. The zero-order chi connectivity index (χ0) is 27.3. The van der Waals surface area contributed by atoms with E-state index in [1.54, 1.807) is 44.3 Å². The van der Waals surface area contributed by atoms with E-state index in [1.807, 2.05) is 0 Å². The molecule has 1 saturated heterocycles. The summed E-state index contributed by atoms with van der Waals surface area (Å²) < 4.78 is 61.4. The molecule has 3 heterocycles. The summed E-state index contributed by atoms with van der Waals surface area (Å²) in [5.74, 6) is 5.64. The number of aromatic nitrogens is 2. The molecule has 5 nitrogen and oxygen atoms in total. The van der Waals surface area contributed by atoms with Gasteiger partial charge in [0.2, 0.25) is 0 Å². The van der Waals surface area contributed by atoms with Gasteiger partial charge in [0.15, 0.2) is 0 Å². The van der Waals surface area contributed by atoms with Crippen molar-refractivity contribution in [1.29, 1.82) is 5.26 Å². The SMILES string of the molecule is CC(C)(C#N)c1ccc(NCC#Cc2cc3cc(CCC4CCOCC4)c(F)cc3n2CC(F)(F)F)cn1. The molecule has 1 aliphatic heterocycles. The number of rotatable bonds is 7. The van der Waals surface area contributed by atoms with Crippen molar-refractivity contribution in [3.8, 4) is 17.9 Å². The summed E-state index contributed by atoms with van der Waals surface area (Å²) in [4.78, 5) is 4.30. The highest BCUT2D eigenvalue weighted by molar-refractivity contribution is 5.83. The van der Waals surface area contributed by atoms with Crippen LogP contribution in [0.5, 0.6) is 0 Å². The Bertz CT molecular complexity index is 1370. The summed E-state index contributed by atoms with van der Waals surface area (Å²) in [6.07, 6.45) is 0.331. The third kappa shape index (κ3) is 6.85. The maximum atomic E-state index is 14.9. The van der Waals surface area contributed by atoms with Gasteiger partial charge in [0.25, 0.3) is 0 Å². The number of fused-ring (bicyclic) bond motifs is 1. The van der Waals surface area contributed by atoms with Gasteiger partial charge in [0.05, 0.1) is 46.8 Å². The Hall–Kier alpha value is -3.56. The Balaban J connectivity index is 1.52. The highest BCUT2D eigenvalue weighted by Gasteiger charge is 2.30. The fraction of sp³-hybridized carbons (Fsp3) is 0.448.